The first-order chi connectivity index (χ1) is 14.3. The molecule has 0 atom stereocenters. The predicted octanol–water partition coefficient (Wildman–Crippen LogP) is 5.14. The van der Waals surface area contributed by atoms with Gasteiger partial charge in [0, 0.05) is 43.1 Å². The van der Waals surface area contributed by atoms with Gasteiger partial charge in [0.15, 0.2) is 0 Å². The lowest BCUT2D eigenvalue weighted by Crippen LogP contribution is -2.21. The number of hydrogen-bond acceptors (Lipinski definition) is 4. The SMILES string of the molecule is CN(C)C(=N)c1ccc(CNc2ccc(Cl)cc2C(=O)Nc2ccc(Cl)cn2)cc1. The van der Waals surface area contributed by atoms with Crippen molar-refractivity contribution in [2.45, 2.75) is 6.54 Å². The third-order valence-electron chi connectivity index (χ3n) is 4.35. The van der Waals surface area contributed by atoms with Gasteiger partial charge >= 0.3 is 0 Å². The molecular formula is C22H21Cl2N5O. The summed E-state index contributed by atoms with van der Waals surface area (Å²) in [7, 11) is 3.68. The summed E-state index contributed by atoms with van der Waals surface area (Å²) in [6, 6.07) is 16.1. The van der Waals surface area contributed by atoms with Crippen LogP contribution in [0.15, 0.2) is 60.8 Å². The molecule has 154 valence electrons. The van der Waals surface area contributed by atoms with E-state index in [9.17, 15) is 4.79 Å². The molecule has 2 aromatic carbocycles. The number of anilines is 2. The molecule has 3 aromatic rings. The average Bonchev–Trinajstić information content (AvgIpc) is 2.74. The highest BCUT2D eigenvalue weighted by Crippen LogP contribution is 2.23. The van der Waals surface area contributed by atoms with Crippen molar-refractivity contribution in [1.29, 1.82) is 5.41 Å². The summed E-state index contributed by atoms with van der Waals surface area (Å²) in [4.78, 5) is 18.6. The predicted molar refractivity (Wildman–Crippen MR) is 123 cm³/mol. The zero-order valence-electron chi connectivity index (χ0n) is 16.5. The van der Waals surface area contributed by atoms with Gasteiger partial charge < -0.3 is 15.5 Å². The Hall–Kier alpha value is -3.09. The van der Waals surface area contributed by atoms with Crippen molar-refractivity contribution >= 4 is 46.4 Å². The molecule has 0 radical (unpaired) electrons. The number of carbonyl (C=O) groups excluding carboxylic acids is 1. The molecule has 0 spiro atoms. The number of amidine groups is 1. The molecule has 0 saturated carbocycles. The van der Waals surface area contributed by atoms with Gasteiger partial charge in [0.2, 0.25) is 0 Å². The molecule has 0 aliphatic rings. The van der Waals surface area contributed by atoms with Crippen LogP contribution in [0.5, 0.6) is 0 Å². The highest BCUT2D eigenvalue weighted by atomic mass is 35.5. The number of nitrogens with one attached hydrogen (secondary N) is 3. The standard InChI is InChI=1S/C22H21Cl2N5O/c1-29(2)21(25)15-5-3-14(4-6-15)12-26-19-9-7-16(23)11-18(19)22(30)28-20-10-8-17(24)13-27-20/h3-11,13,25-26H,12H2,1-2H3,(H,27,28,30). The topological polar surface area (TPSA) is 81.1 Å². The van der Waals surface area contributed by atoms with E-state index in [0.717, 1.165) is 11.1 Å². The van der Waals surface area contributed by atoms with Gasteiger partial charge in [-0.3, -0.25) is 10.2 Å². The summed E-state index contributed by atoms with van der Waals surface area (Å²) in [6.45, 7) is 0.511. The Morgan fingerprint density at radius 2 is 1.73 bits per heavy atom. The smallest absolute Gasteiger partial charge is 0.258 e. The molecule has 0 aliphatic carbocycles. The molecule has 1 aromatic heterocycles. The van der Waals surface area contributed by atoms with Crippen molar-refractivity contribution in [3.63, 3.8) is 0 Å². The molecule has 8 heteroatoms. The van der Waals surface area contributed by atoms with E-state index < -0.39 is 0 Å². The fourth-order valence-electron chi connectivity index (χ4n) is 2.73. The first-order valence-corrected chi connectivity index (χ1v) is 9.90. The number of aromatic nitrogens is 1. The van der Waals surface area contributed by atoms with E-state index in [1.54, 1.807) is 35.2 Å². The molecule has 1 amide bonds. The Morgan fingerprint density at radius 3 is 2.37 bits per heavy atom. The summed E-state index contributed by atoms with van der Waals surface area (Å²) in [5, 5.41) is 15.0. The van der Waals surface area contributed by atoms with Crippen molar-refractivity contribution < 1.29 is 4.79 Å². The van der Waals surface area contributed by atoms with Crippen molar-refractivity contribution in [3.05, 3.63) is 87.5 Å². The Balaban J connectivity index is 1.72. The summed E-state index contributed by atoms with van der Waals surface area (Å²) < 4.78 is 0. The second kappa shape index (κ2) is 9.61. The molecule has 0 fully saturated rings. The van der Waals surface area contributed by atoms with Crippen LogP contribution in [-0.2, 0) is 6.54 Å². The van der Waals surface area contributed by atoms with Gasteiger partial charge in [-0.2, -0.15) is 0 Å². The quantitative estimate of drug-likeness (QED) is 0.365. The van der Waals surface area contributed by atoms with E-state index in [1.807, 2.05) is 38.4 Å². The van der Waals surface area contributed by atoms with E-state index in [0.29, 0.717) is 39.5 Å². The minimum Gasteiger partial charge on any atom is -0.380 e. The van der Waals surface area contributed by atoms with Crippen molar-refractivity contribution in [1.82, 2.24) is 9.88 Å². The van der Waals surface area contributed by atoms with Crippen molar-refractivity contribution in [2.24, 2.45) is 0 Å². The van der Waals surface area contributed by atoms with Crippen molar-refractivity contribution in [3.8, 4) is 0 Å². The van der Waals surface area contributed by atoms with Crippen molar-refractivity contribution in [2.75, 3.05) is 24.7 Å². The Bertz CT molecular complexity index is 1050. The highest BCUT2D eigenvalue weighted by Gasteiger charge is 2.13. The van der Waals surface area contributed by atoms with Crippen LogP contribution in [0.25, 0.3) is 0 Å². The maximum Gasteiger partial charge on any atom is 0.258 e. The number of amides is 1. The van der Waals surface area contributed by atoms with Crippen LogP contribution < -0.4 is 10.6 Å². The third kappa shape index (κ3) is 5.49. The minimum absolute atomic E-state index is 0.329. The summed E-state index contributed by atoms with van der Waals surface area (Å²) in [5.41, 5.74) is 2.91. The van der Waals surface area contributed by atoms with Crippen LogP contribution in [0, 0.1) is 5.41 Å². The fourth-order valence-corrected chi connectivity index (χ4v) is 3.01. The van der Waals surface area contributed by atoms with Crippen LogP contribution in [0.4, 0.5) is 11.5 Å². The van der Waals surface area contributed by atoms with Gasteiger partial charge in [-0.25, -0.2) is 4.98 Å². The third-order valence-corrected chi connectivity index (χ3v) is 4.81. The molecule has 0 unspecified atom stereocenters. The molecule has 3 rings (SSSR count). The molecular weight excluding hydrogens is 421 g/mol. The minimum atomic E-state index is -0.329. The van der Waals surface area contributed by atoms with Crippen LogP contribution >= 0.6 is 23.2 Å². The molecule has 0 bridgehead atoms. The highest BCUT2D eigenvalue weighted by molar-refractivity contribution is 6.31. The monoisotopic (exact) mass is 441 g/mol. The van der Waals surface area contributed by atoms with Gasteiger partial charge in [0.25, 0.3) is 5.91 Å². The molecule has 1 heterocycles. The van der Waals surface area contributed by atoms with E-state index in [1.165, 1.54) is 6.20 Å². The Morgan fingerprint density at radius 1 is 1.03 bits per heavy atom. The second-order valence-electron chi connectivity index (χ2n) is 6.80. The number of halogens is 2. The van der Waals surface area contributed by atoms with Gasteiger partial charge in [-0.15, -0.1) is 0 Å². The van der Waals surface area contributed by atoms with Crippen LogP contribution in [-0.4, -0.2) is 35.7 Å². The fraction of sp³-hybridized carbons (Fsp3) is 0.136. The van der Waals surface area contributed by atoms with E-state index in [2.05, 4.69) is 15.6 Å². The van der Waals surface area contributed by atoms with Gasteiger partial charge in [0.05, 0.1) is 10.6 Å². The second-order valence-corrected chi connectivity index (χ2v) is 7.67. The Kier molecular flexibility index (Phi) is 6.92. The maximum absolute atomic E-state index is 12.8. The van der Waals surface area contributed by atoms with Gasteiger partial charge in [-0.05, 0) is 35.9 Å². The molecule has 0 saturated heterocycles. The molecule has 3 N–H and O–H groups in total. The lowest BCUT2D eigenvalue weighted by molar-refractivity contribution is 0.102. The van der Waals surface area contributed by atoms with E-state index in [-0.39, 0.29) is 5.91 Å². The van der Waals surface area contributed by atoms with Crippen LogP contribution in [0.3, 0.4) is 0 Å². The lowest BCUT2D eigenvalue weighted by Gasteiger charge is -2.15. The number of benzene rings is 2. The maximum atomic E-state index is 12.8. The number of nitrogens with zero attached hydrogens (tertiary/aromatic N) is 2. The number of hydrogen-bond donors (Lipinski definition) is 3. The number of carbonyl (C=O) groups is 1. The zero-order chi connectivity index (χ0) is 21.7. The summed E-state index contributed by atoms with van der Waals surface area (Å²) in [6.07, 6.45) is 1.47. The number of rotatable bonds is 6. The first kappa shape index (κ1) is 21.6. The van der Waals surface area contributed by atoms with E-state index >= 15 is 0 Å². The first-order valence-electron chi connectivity index (χ1n) is 9.15. The Labute approximate surface area is 185 Å². The number of pyridine rings is 1. The van der Waals surface area contributed by atoms with Crippen LogP contribution in [0.2, 0.25) is 10.0 Å². The zero-order valence-corrected chi connectivity index (χ0v) is 18.1. The van der Waals surface area contributed by atoms with Gasteiger partial charge in [0.1, 0.15) is 11.7 Å². The molecule has 30 heavy (non-hydrogen) atoms. The molecule has 0 aliphatic heterocycles. The lowest BCUT2D eigenvalue weighted by atomic mass is 10.1. The van der Waals surface area contributed by atoms with Crippen LogP contribution in [0.1, 0.15) is 21.5 Å². The normalized spacial score (nSPS) is 10.4. The largest absolute Gasteiger partial charge is 0.380 e. The summed E-state index contributed by atoms with van der Waals surface area (Å²) >= 11 is 11.9. The van der Waals surface area contributed by atoms with E-state index in [4.69, 9.17) is 28.6 Å². The summed E-state index contributed by atoms with van der Waals surface area (Å²) in [5.74, 6) is 0.515. The molecule has 6 nitrogen and oxygen atoms in total. The average molecular weight is 442 g/mol. The van der Waals surface area contributed by atoms with Gasteiger partial charge in [-0.1, -0.05) is 47.5 Å².